The summed E-state index contributed by atoms with van der Waals surface area (Å²) < 4.78 is 0. The van der Waals surface area contributed by atoms with Crippen LogP contribution in [0.1, 0.15) is 36.5 Å². The van der Waals surface area contributed by atoms with Gasteiger partial charge in [-0.3, -0.25) is 4.79 Å². The van der Waals surface area contributed by atoms with Crippen molar-refractivity contribution >= 4 is 28.2 Å². The Morgan fingerprint density at radius 1 is 1.11 bits per heavy atom. The van der Waals surface area contributed by atoms with E-state index in [0.29, 0.717) is 10.9 Å². The van der Waals surface area contributed by atoms with Crippen LogP contribution in [0.15, 0.2) is 36.4 Å². The van der Waals surface area contributed by atoms with Gasteiger partial charge in [-0.1, -0.05) is 49.2 Å². The molecule has 0 heterocycles. The van der Waals surface area contributed by atoms with E-state index in [2.05, 4.69) is 6.92 Å². The first-order chi connectivity index (χ1) is 9.18. The van der Waals surface area contributed by atoms with Crippen molar-refractivity contribution in [2.75, 3.05) is 0 Å². The third kappa shape index (κ3) is 2.17. The van der Waals surface area contributed by atoms with Crippen LogP contribution in [0.4, 0.5) is 0 Å². The topological polar surface area (TPSA) is 17.1 Å². The summed E-state index contributed by atoms with van der Waals surface area (Å²) in [5, 5.41) is 2.67. The molecule has 1 aliphatic carbocycles. The van der Waals surface area contributed by atoms with Crippen LogP contribution >= 0.6 is 11.6 Å². The second-order valence-electron chi connectivity index (χ2n) is 5.52. The highest BCUT2D eigenvalue weighted by molar-refractivity contribution is 6.36. The van der Waals surface area contributed by atoms with Crippen LogP contribution in [-0.2, 0) is 0 Å². The first-order valence-corrected chi connectivity index (χ1v) is 7.27. The number of fused-ring (bicyclic) bond motifs is 1. The number of carbonyl (C=O) groups is 1. The van der Waals surface area contributed by atoms with Crippen molar-refractivity contribution in [1.82, 2.24) is 0 Å². The average Bonchev–Trinajstić information content (AvgIpc) is 2.85. The lowest BCUT2D eigenvalue weighted by molar-refractivity contribution is 0.0899. The Balaban J connectivity index is 2.10. The molecule has 1 fully saturated rings. The van der Waals surface area contributed by atoms with E-state index < -0.39 is 0 Å². The van der Waals surface area contributed by atoms with Gasteiger partial charge in [0.15, 0.2) is 5.78 Å². The summed E-state index contributed by atoms with van der Waals surface area (Å²) in [5.74, 6) is 0.976. The summed E-state index contributed by atoms with van der Waals surface area (Å²) in [4.78, 5) is 12.7. The number of hydrogen-bond acceptors (Lipinski definition) is 1. The molecule has 0 amide bonds. The van der Waals surface area contributed by atoms with Crippen LogP contribution in [0.5, 0.6) is 0 Å². The highest BCUT2D eigenvalue weighted by Crippen LogP contribution is 2.36. The van der Waals surface area contributed by atoms with Gasteiger partial charge in [0.1, 0.15) is 0 Å². The summed E-state index contributed by atoms with van der Waals surface area (Å²) in [6.45, 7) is 2.19. The van der Waals surface area contributed by atoms with E-state index in [1.165, 1.54) is 12.8 Å². The fourth-order valence-corrected chi connectivity index (χ4v) is 3.44. The van der Waals surface area contributed by atoms with Crippen molar-refractivity contribution in [2.24, 2.45) is 11.8 Å². The van der Waals surface area contributed by atoms with Crippen molar-refractivity contribution in [3.63, 3.8) is 0 Å². The third-order valence-corrected chi connectivity index (χ3v) is 4.66. The first kappa shape index (κ1) is 12.7. The van der Waals surface area contributed by atoms with Gasteiger partial charge < -0.3 is 0 Å². The monoisotopic (exact) mass is 272 g/mol. The number of halogens is 1. The number of ketones is 1. The minimum absolute atomic E-state index is 0.185. The van der Waals surface area contributed by atoms with E-state index >= 15 is 0 Å². The molecule has 98 valence electrons. The van der Waals surface area contributed by atoms with E-state index in [-0.39, 0.29) is 11.7 Å². The molecule has 2 aromatic carbocycles. The van der Waals surface area contributed by atoms with E-state index in [9.17, 15) is 4.79 Å². The predicted octanol–water partition coefficient (Wildman–Crippen LogP) is 5.11. The lowest BCUT2D eigenvalue weighted by Crippen LogP contribution is -2.17. The molecule has 0 bridgehead atoms. The summed E-state index contributed by atoms with van der Waals surface area (Å²) in [6.07, 6.45) is 3.36. The maximum Gasteiger partial charge on any atom is 0.166 e. The van der Waals surface area contributed by atoms with E-state index in [1.54, 1.807) is 0 Å². The maximum atomic E-state index is 12.7. The Hall–Kier alpha value is -1.34. The Labute approximate surface area is 118 Å². The number of benzene rings is 2. The van der Waals surface area contributed by atoms with Crippen molar-refractivity contribution < 1.29 is 4.79 Å². The minimum atomic E-state index is 0.185. The fraction of sp³-hybridized carbons (Fsp3) is 0.353. The highest BCUT2D eigenvalue weighted by Gasteiger charge is 2.31. The molecule has 0 saturated heterocycles. The second kappa shape index (κ2) is 4.97. The Morgan fingerprint density at radius 3 is 2.53 bits per heavy atom. The SMILES string of the molecule is CC1CCCC1C(=O)c1ccc(Cl)c2ccccc12. The molecule has 1 aliphatic rings. The van der Waals surface area contributed by atoms with E-state index in [1.807, 2.05) is 36.4 Å². The van der Waals surface area contributed by atoms with Gasteiger partial charge in [-0.05, 0) is 36.3 Å². The molecule has 3 rings (SSSR count). The second-order valence-corrected chi connectivity index (χ2v) is 5.93. The van der Waals surface area contributed by atoms with Gasteiger partial charge >= 0.3 is 0 Å². The lowest BCUT2D eigenvalue weighted by atomic mass is 9.87. The zero-order valence-electron chi connectivity index (χ0n) is 11.0. The van der Waals surface area contributed by atoms with Crippen molar-refractivity contribution in [2.45, 2.75) is 26.2 Å². The van der Waals surface area contributed by atoms with Gasteiger partial charge in [-0.15, -0.1) is 0 Å². The lowest BCUT2D eigenvalue weighted by Gasteiger charge is -2.15. The van der Waals surface area contributed by atoms with Crippen molar-refractivity contribution in [3.05, 3.63) is 47.0 Å². The minimum Gasteiger partial charge on any atom is -0.294 e. The summed E-state index contributed by atoms with van der Waals surface area (Å²) >= 11 is 6.21. The molecule has 19 heavy (non-hydrogen) atoms. The molecule has 2 atom stereocenters. The third-order valence-electron chi connectivity index (χ3n) is 4.33. The molecule has 0 radical (unpaired) electrons. The molecule has 0 N–H and O–H groups in total. The van der Waals surface area contributed by atoms with Crippen LogP contribution in [0, 0.1) is 11.8 Å². The molecule has 2 heteroatoms. The predicted molar refractivity (Wildman–Crippen MR) is 79.8 cm³/mol. The number of hydrogen-bond donors (Lipinski definition) is 0. The van der Waals surface area contributed by atoms with Crippen LogP contribution in [-0.4, -0.2) is 5.78 Å². The molecular formula is C17H17ClO. The number of carbonyl (C=O) groups excluding carboxylic acids is 1. The average molecular weight is 273 g/mol. The standard InChI is InChI=1S/C17H17ClO/c1-11-5-4-8-12(11)17(19)15-9-10-16(18)14-7-3-2-6-13(14)15/h2-3,6-7,9-12H,4-5,8H2,1H3. The Morgan fingerprint density at radius 2 is 1.84 bits per heavy atom. The smallest absolute Gasteiger partial charge is 0.166 e. The number of rotatable bonds is 2. The molecule has 0 aromatic heterocycles. The van der Waals surface area contributed by atoms with Crippen molar-refractivity contribution in [3.8, 4) is 0 Å². The zero-order valence-corrected chi connectivity index (χ0v) is 11.8. The van der Waals surface area contributed by atoms with Gasteiger partial charge in [0.2, 0.25) is 0 Å². The maximum absolute atomic E-state index is 12.7. The van der Waals surface area contributed by atoms with Crippen LogP contribution in [0.3, 0.4) is 0 Å². The van der Waals surface area contributed by atoms with Crippen molar-refractivity contribution in [1.29, 1.82) is 0 Å². The zero-order chi connectivity index (χ0) is 13.4. The van der Waals surface area contributed by atoms with Gasteiger partial charge in [-0.2, -0.15) is 0 Å². The summed E-state index contributed by atoms with van der Waals surface area (Å²) in [6, 6.07) is 11.6. The van der Waals surface area contributed by atoms with Crippen LogP contribution < -0.4 is 0 Å². The molecule has 2 unspecified atom stereocenters. The fourth-order valence-electron chi connectivity index (χ4n) is 3.21. The van der Waals surface area contributed by atoms with Crippen LogP contribution in [0.25, 0.3) is 10.8 Å². The molecule has 0 spiro atoms. The van der Waals surface area contributed by atoms with Gasteiger partial charge in [-0.25, -0.2) is 0 Å². The molecule has 0 aliphatic heterocycles. The number of Topliss-reactive ketones (excluding diaryl/α,β-unsaturated/α-hetero) is 1. The Bertz CT molecular complexity index is 632. The van der Waals surface area contributed by atoms with Gasteiger partial charge in [0.25, 0.3) is 0 Å². The Kier molecular flexibility index (Phi) is 3.32. The summed E-state index contributed by atoms with van der Waals surface area (Å²) in [5.41, 5.74) is 0.832. The van der Waals surface area contributed by atoms with Crippen LogP contribution in [0.2, 0.25) is 5.02 Å². The summed E-state index contributed by atoms with van der Waals surface area (Å²) in [7, 11) is 0. The first-order valence-electron chi connectivity index (χ1n) is 6.90. The van der Waals surface area contributed by atoms with E-state index in [4.69, 9.17) is 11.6 Å². The van der Waals surface area contributed by atoms with E-state index in [0.717, 1.165) is 22.8 Å². The molecule has 2 aromatic rings. The molecule has 1 nitrogen and oxygen atoms in total. The molecule has 1 saturated carbocycles. The van der Waals surface area contributed by atoms with Gasteiger partial charge in [0, 0.05) is 21.9 Å². The quantitative estimate of drug-likeness (QED) is 0.694. The highest BCUT2D eigenvalue weighted by atomic mass is 35.5. The normalized spacial score (nSPS) is 22.8. The molecular weight excluding hydrogens is 256 g/mol. The van der Waals surface area contributed by atoms with Gasteiger partial charge in [0.05, 0.1) is 0 Å². The largest absolute Gasteiger partial charge is 0.294 e.